The van der Waals surface area contributed by atoms with Gasteiger partial charge in [0.05, 0.1) is 6.61 Å². The van der Waals surface area contributed by atoms with Crippen LogP contribution in [0.2, 0.25) is 0 Å². The van der Waals surface area contributed by atoms with E-state index in [1.54, 1.807) is 5.57 Å². The van der Waals surface area contributed by atoms with Gasteiger partial charge in [-0.15, -0.1) is 0 Å². The van der Waals surface area contributed by atoms with E-state index in [4.69, 9.17) is 9.47 Å². The van der Waals surface area contributed by atoms with E-state index in [0.29, 0.717) is 17.4 Å². The molecule has 3 heteroatoms. The van der Waals surface area contributed by atoms with Gasteiger partial charge >= 0.3 is 6.16 Å². The largest absolute Gasteiger partial charge is 0.508 e. The molecule has 8 atom stereocenters. The molecule has 0 aliphatic heterocycles. The molecule has 3 nitrogen and oxygen atoms in total. The van der Waals surface area contributed by atoms with Gasteiger partial charge in [0.25, 0.3) is 0 Å². The van der Waals surface area contributed by atoms with Crippen molar-refractivity contribution in [3.63, 3.8) is 0 Å². The minimum absolute atomic E-state index is 0.00848. The molecule has 8 unspecified atom stereocenters. The molecule has 0 N–H and O–H groups in total. The van der Waals surface area contributed by atoms with Crippen molar-refractivity contribution in [2.45, 2.75) is 215 Å². The fourth-order valence-corrected chi connectivity index (χ4v) is 11.6. The third-order valence-corrected chi connectivity index (χ3v) is 14.5. The van der Waals surface area contributed by atoms with Gasteiger partial charge in [0.15, 0.2) is 0 Å². The van der Waals surface area contributed by atoms with Crippen LogP contribution < -0.4 is 0 Å². The zero-order valence-corrected chi connectivity index (χ0v) is 32.9. The van der Waals surface area contributed by atoms with Gasteiger partial charge in [0.2, 0.25) is 0 Å². The van der Waals surface area contributed by atoms with E-state index in [1.165, 1.54) is 135 Å². The van der Waals surface area contributed by atoms with Crippen molar-refractivity contribution in [2.24, 2.45) is 46.3 Å². The highest BCUT2D eigenvalue weighted by molar-refractivity contribution is 5.60. The summed E-state index contributed by atoms with van der Waals surface area (Å²) in [6, 6.07) is 0. The van der Waals surface area contributed by atoms with Crippen LogP contribution in [0.1, 0.15) is 208 Å². The van der Waals surface area contributed by atoms with E-state index in [9.17, 15) is 4.79 Å². The number of hydrogen-bond acceptors (Lipinski definition) is 3. The number of unbranched alkanes of at least 4 members (excludes halogenated alkanes) is 14. The Morgan fingerprint density at radius 3 is 2.00 bits per heavy atom. The number of fused-ring (bicyclic) bond motifs is 5. The highest BCUT2D eigenvalue weighted by Gasteiger charge is 2.59. The summed E-state index contributed by atoms with van der Waals surface area (Å²) in [6.45, 7) is 15.4. The molecule has 0 spiro atoms. The van der Waals surface area contributed by atoms with Gasteiger partial charge in [-0.2, -0.15) is 0 Å². The molecular weight excluding hydrogens is 588 g/mol. The summed E-state index contributed by atoms with van der Waals surface area (Å²) in [7, 11) is 0. The normalized spacial score (nSPS) is 31.9. The summed E-state index contributed by atoms with van der Waals surface area (Å²) >= 11 is 0. The first-order valence-electron chi connectivity index (χ1n) is 21.7. The molecule has 48 heavy (non-hydrogen) atoms. The van der Waals surface area contributed by atoms with Crippen LogP contribution in [-0.4, -0.2) is 18.9 Å². The maximum atomic E-state index is 12.6. The first-order chi connectivity index (χ1) is 23.2. The molecule has 278 valence electrons. The third kappa shape index (κ3) is 11.0. The Morgan fingerprint density at radius 2 is 1.38 bits per heavy atom. The van der Waals surface area contributed by atoms with Crippen molar-refractivity contribution in [3.8, 4) is 0 Å². The highest BCUT2D eigenvalue weighted by atomic mass is 16.7. The average molecular weight is 669 g/mol. The van der Waals surface area contributed by atoms with E-state index in [0.717, 1.165) is 67.6 Å². The van der Waals surface area contributed by atoms with Crippen molar-refractivity contribution in [1.29, 1.82) is 0 Å². The van der Waals surface area contributed by atoms with Gasteiger partial charge in [-0.05, 0) is 97.7 Å². The molecule has 0 bridgehead atoms. The lowest BCUT2D eigenvalue weighted by Crippen LogP contribution is -2.51. The smallest absolute Gasteiger partial charge is 0.434 e. The van der Waals surface area contributed by atoms with Crippen molar-refractivity contribution < 1.29 is 14.3 Å². The molecule has 0 amide bonds. The quantitative estimate of drug-likeness (QED) is 0.0654. The zero-order valence-electron chi connectivity index (χ0n) is 32.9. The summed E-state index contributed by atoms with van der Waals surface area (Å²) in [5.74, 6) is 5.17. The van der Waals surface area contributed by atoms with Gasteiger partial charge in [-0.3, -0.25) is 0 Å². The lowest BCUT2D eigenvalue weighted by molar-refractivity contribution is -0.0617. The maximum Gasteiger partial charge on any atom is 0.508 e. The van der Waals surface area contributed by atoms with Crippen LogP contribution in [0.4, 0.5) is 4.79 Å². The second-order valence-electron chi connectivity index (χ2n) is 18.3. The topological polar surface area (TPSA) is 35.5 Å². The number of rotatable bonds is 22. The van der Waals surface area contributed by atoms with Gasteiger partial charge < -0.3 is 9.47 Å². The Kier molecular flexibility index (Phi) is 16.7. The molecule has 4 aliphatic carbocycles. The Labute approximate surface area is 298 Å². The number of allylic oxidation sites excluding steroid dienone is 1. The predicted octanol–water partition coefficient (Wildman–Crippen LogP) is 14.4. The van der Waals surface area contributed by atoms with Gasteiger partial charge in [-0.1, -0.05) is 162 Å². The molecule has 0 aromatic heterocycles. The van der Waals surface area contributed by atoms with Crippen LogP contribution >= 0.6 is 0 Å². The van der Waals surface area contributed by atoms with Crippen LogP contribution in [-0.2, 0) is 9.47 Å². The fourth-order valence-electron chi connectivity index (χ4n) is 11.6. The SMILES string of the molecule is CCCCCCCCCCCCCCCCCOC(=O)OC1CCC2(C)C(=CCC3C2CCC2(C)C(C(C)CCCC(C)C)CCC32)C1. The van der Waals surface area contributed by atoms with Gasteiger partial charge in [-0.25, -0.2) is 4.79 Å². The van der Waals surface area contributed by atoms with Crippen molar-refractivity contribution in [3.05, 3.63) is 11.6 Å². The number of ether oxygens (including phenoxy) is 2. The van der Waals surface area contributed by atoms with Crippen LogP contribution in [0.25, 0.3) is 0 Å². The highest BCUT2D eigenvalue weighted by Crippen LogP contribution is 2.67. The average Bonchev–Trinajstić information content (AvgIpc) is 3.42. The van der Waals surface area contributed by atoms with Crippen LogP contribution in [0, 0.1) is 46.3 Å². The summed E-state index contributed by atoms with van der Waals surface area (Å²) < 4.78 is 11.5. The third-order valence-electron chi connectivity index (χ3n) is 14.5. The first kappa shape index (κ1) is 39.8. The molecule has 4 aliphatic rings. The lowest BCUT2D eigenvalue weighted by atomic mass is 9.47. The molecule has 0 heterocycles. The summed E-state index contributed by atoms with van der Waals surface area (Å²) in [5, 5.41) is 0. The van der Waals surface area contributed by atoms with E-state index in [2.05, 4.69) is 47.6 Å². The van der Waals surface area contributed by atoms with Crippen LogP contribution in [0.3, 0.4) is 0 Å². The lowest BCUT2D eigenvalue weighted by Gasteiger charge is -2.58. The Balaban J connectivity index is 1.08. The Morgan fingerprint density at radius 1 is 0.750 bits per heavy atom. The van der Waals surface area contributed by atoms with E-state index in [1.807, 2.05) is 0 Å². The van der Waals surface area contributed by atoms with Crippen molar-refractivity contribution >= 4 is 6.16 Å². The molecule has 4 rings (SSSR count). The monoisotopic (exact) mass is 669 g/mol. The second kappa shape index (κ2) is 20.2. The number of carbonyl (C=O) groups is 1. The van der Waals surface area contributed by atoms with Crippen molar-refractivity contribution in [1.82, 2.24) is 0 Å². The first-order valence-corrected chi connectivity index (χ1v) is 21.7. The molecule has 0 aromatic rings. The van der Waals surface area contributed by atoms with Gasteiger partial charge in [0, 0.05) is 6.42 Å². The van der Waals surface area contributed by atoms with Crippen LogP contribution in [0.15, 0.2) is 11.6 Å². The Hall–Kier alpha value is -0.990. The molecule has 3 saturated carbocycles. The molecule has 0 saturated heterocycles. The van der Waals surface area contributed by atoms with E-state index < -0.39 is 6.16 Å². The minimum Gasteiger partial charge on any atom is -0.434 e. The standard InChI is InChI=1S/C45H80O3/c1-7-8-9-10-11-12-13-14-15-16-17-18-19-20-21-33-47-43(46)48-38-29-31-44(5)37(34-38)25-26-39-41-28-27-40(36(4)24-22-23-35(2)3)45(41,6)32-30-42(39)44/h25,35-36,38-42H,7-24,26-34H2,1-6H3. The molecule has 3 fully saturated rings. The minimum atomic E-state index is -0.434. The maximum absolute atomic E-state index is 12.6. The summed E-state index contributed by atoms with van der Waals surface area (Å²) in [6.07, 6.45) is 36.6. The van der Waals surface area contributed by atoms with E-state index in [-0.39, 0.29) is 6.10 Å². The fraction of sp³-hybridized carbons (Fsp3) is 0.933. The Bertz CT molecular complexity index is 954. The zero-order chi connectivity index (χ0) is 34.4. The number of hydrogen-bond donors (Lipinski definition) is 0. The summed E-state index contributed by atoms with van der Waals surface area (Å²) in [4.78, 5) is 12.6. The predicted molar refractivity (Wildman–Crippen MR) is 204 cm³/mol. The van der Waals surface area contributed by atoms with Crippen molar-refractivity contribution in [2.75, 3.05) is 6.61 Å². The van der Waals surface area contributed by atoms with Gasteiger partial charge in [0.1, 0.15) is 6.10 Å². The molecule has 0 aromatic carbocycles. The molecule has 0 radical (unpaired) electrons. The summed E-state index contributed by atoms with van der Waals surface area (Å²) in [5.41, 5.74) is 2.43. The van der Waals surface area contributed by atoms with Crippen LogP contribution in [0.5, 0.6) is 0 Å². The molecular formula is C45H80O3. The van der Waals surface area contributed by atoms with E-state index >= 15 is 0 Å². The second-order valence-corrected chi connectivity index (χ2v) is 18.3. The number of carbonyl (C=O) groups excluding carboxylic acids is 1.